The Morgan fingerprint density at radius 3 is 2.60 bits per heavy atom. The molecule has 0 saturated carbocycles. The molecular formula is C19H20N4O5S2. The van der Waals surface area contributed by atoms with Crippen molar-refractivity contribution in [3.8, 4) is 0 Å². The Labute approximate surface area is 177 Å². The molecule has 0 spiro atoms. The number of ether oxygens (including phenoxy) is 1. The molecule has 0 saturated heterocycles. The molecule has 11 heteroatoms. The van der Waals surface area contributed by atoms with Crippen molar-refractivity contribution in [3.05, 3.63) is 59.1 Å². The van der Waals surface area contributed by atoms with E-state index in [4.69, 9.17) is 4.74 Å². The standard InChI is InChI=1S/C19H20N4O5S2/c1-23(2)30(26,27)14-7-5-6-13(10-14)19(25)22-21-17(24)11-28-12-18-20-15-8-3-4-9-16(15)29-18/h3-10H,11-12H2,1-2H3,(H,21,24)(H,22,25). The zero-order valence-corrected chi connectivity index (χ0v) is 17.9. The average molecular weight is 449 g/mol. The second kappa shape index (κ2) is 9.30. The van der Waals surface area contributed by atoms with E-state index in [0.29, 0.717) is 0 Å². The third kappa shape index (κ3) is 5.19. The zero-order chi connectivity index (χ0) is 21.7. The van der Waals surface area contributed by atoms with Gasteiger partial charge in [0.05, 0.1) is 21.7 Å². The molecule has 2 N–H and O–H groups in total. The molecule has 2 aromatic carbocycles. The van der Waals surface area contributed by atoms with E-state index in [1.165, 1.54) is 49.7 Å². The van der Waals surface area contributed by atoms with E-state index < -0.39 is 21.8 Å². The molecular weight excluding hydrogens is 428 g/mol. The summed E-state index contributed by atoms with van der Waals surface area (Å²) in [5.41, 5.74) is 5.43. The van der Waals surface area contributed by atoms with Gasteiger partial charge in [-0.1, -0.05) is 18.2 Å². The molecule has 0 fully saturated rings. The zero-order valence-electron chi connectivity index (χ0n) is 16.3. The van der Waals surface area contributed by atoms with Gasteiger partial charge in [0.2, 0.25) is 10.0 Å². The van der Waals surface area contributed by atoms with Gasteiger partial charge in [-0.15, -0.1) is 11.3 Å². The molecule has 1 heterocycles. The fraction of sp³-hybridized carbons (Fsp3) is 0.211. The van der Waals surface area contributed by atoms with Crippen LogP contribution in [0.1, 0.15) is 15.4 Å². The number of hydrogen-bond acceptors (Lipinski definition) is 7. The molecule has 0 unspecified atom stereocenters. The molecule has 1 aromatic heterocycles. The SMILES string of the molecule is CN(C)S(=O)(=O)c1cccc(C(=O)NNC(=O)COCc2nc3ccccc3s2)c1. The normalized spacial score (nSPS) is 11.6. The van der Waals surface area contributed by atoms with Crippen molar-refractivity contribution in [2.75, 3.05) is 20.7 Å². The van der Waals surface area contributed by atoms with E-state index >= 15 is 0 Å². The van der Waals surface area contributed by atoms with E-state index in [1.54, 1.807) is 0 Å². The highest BCUT2D eigenvalue weighted by atomic mass is 32.2. The fourth-order valence-corrected chi connectivity index (χ4v) is 4.31. The first kappa shape index (κ1) is 21.8. The number of carbonyl (C=O) groups is 2. The first-order chi connectivity index (χ1) is 14.3. The summed E-state index contributed by atoms with van der Waals surface area (Å²) >= 11 is 1.48. The molecule has 9 nitrogen and oxygen atoms in total. The number of fused-ring (bicyclic) bond motifs is 1. The van der Waals surface area contributed by atoms with Gasteiger partial charge in [-0.2, -0.15) is 0 Å². The number of para-hydroxylation sites is 1. The van der Waals surface area contributed by atoms with E-state index in [9.17, 15) is 18.0 Å². The van der Waals surface area contributed by atoms with E-state index in [2.05, 4.69) is 15.8 Å². The van der Waals surface area contributed by atoms with Gasteiger partial charge >= 0.3 is 0 Å². The van der Waals surface area contributed by atoms with Gasteiger partial charge in [-0.3, -0.25) is 20.4 Å². The highest BCUT2D eigenvalue weighted by Gasteiger charge is 2.19. The second-order valence-corrected chi connectivity index (χ2v) is 9.65. The Morgan fingerprint density at radius 2 is 1.87 bits per heavy atom. The van der Waals surface area contributed by atoms with Crippen LogP contribution in [-0.4, -0.2) is 50.2 Å². The van der Waals surface area contributed by atoms with E-state index in [0.717, 1.165) is 19.5 Å². The third-order valence-electron chi connectivity index (χ3n) is 3.99. The van der Waals surface area contributed by atoms with Crippen LogP contribution in [-0.2, 0) is 26.2 Å². The van der Waals surface area contributed by atoms with Crippen molar-refractivity contribution in [1.29, 1.82) is 0 Å². The van der Waals surface area contributed by atoms with Gasteiger partial charge in [0, 0.05) is 19.7 Å². The lowest BCUT2D eigenvalue weighted by Crippen LogP contribution is -2.43. The molecule has 3 aromatic rings. The lowest BCUT2D eigenvalue weighted by Gasteiger charge is -2.12. The number of hydrazine groups is 1. The Bertz CT molecular complexity index is 1140. The van der Waals surface area contributed by atoms with Crippen molar-refractivity contribution in [1.82, 2.24) is 20.1 Å². The molecule has 0 aliphatic rings. The van der Waals surface area contributed by atoms with Crippen LogP contribution in [0, 0.1) is 0 Å². The fourth-order valence-electron chi connectivity index (χ4n) is 2.46. The Morgan fingerprint density at radius 1 is 1.10 bits per heavy atom. The largest absolute Gasteiger partial charge is 0.364 e. The number of thiazole rings is 1. The number of nitrogens with zero attached hydrogens (tertiary/aromatic N) is 2. The Hall–Kier alpha value is -2.86. The van der Waals surface area contributed by atoms with Gasteiger partial charge in [0.1, 0.15) is 11.6 Å². The summed E-state index contributed by atoms with van der Waals surface area (Å²) in [6.07, 6.45) is 0. The van der Waals surface area contributed by atoms with Crippen LogP contribution in [0.15, 0.2) is 53.4 Å². The number of carbonyl (C=O) groups excluding carboxylic acids is 2. The van der Waals surface area contributed by atoms with Gasteiger partial charge in [-0.05, 0) is 30.3 Å². The Kier molecular flexibility index (Phi) is 6.77. The molecule has 3 rings (SSSR count). The minimum absolute atomic E-state index is 0.0226. The molecule has 0 aliphatic carbocycles. The summed E-state index contributed by atoms with van der Waals surface area (Å²) in [7, 11) is -0.873. The third-order valence-corrected chi connectivity index (χ3v) is 6.81. The lowest BCUT2D eigenvalue weighted by atomic mass is 10.2. The highest BCUT2D eigenvalue weighted by Crippen LogP contribution is 2.21. The monoisotopic (exact) mass is 448 g/mol. The number of amides is 2. The number of benzene rings is 2. The minimum atomic E-state index is -3.67. The number of aromatic nitrogens is 1. The van der Waals surface area contributed by atoms with E-state index in [-0.39, 0.29) is 23.7 Å². The summed E-state index contributed by atoms with van der Waals surface area (Å²) in [5, 5.41) is 0.743. The topological polar surface area (TPSA) is 118 Å². The van der Waals surface area contributed by atoms with Crippen LogP contribution < -0.4 is 10.9 Å². The average Bonchev–Trinajstić information content (AvgIpc) is 3.14. The second-order valence-electron chi connectivity index (χ2n) is 6.39. The van der Waals surface area contributed by atoms with Crippen LogP contribution in [0.5, 0.6) is 0 Å². The van der Waals surface area contributed by atoms with E-state index in [1.807, 2.05) is 24.3 Å². The van der Waals surface area contributed by atoms with Crippen molar-refractivity contribution < 1.29 is 22.7 Å². The van der Waals surface area contributed by atoms with Crippen molar-refractivity contribution in [3.63, 3.8) is 0 Å². The van der Waals surface area contributed by atoms with Gasteiger partial charge in [0.15, 0.2) is 0 Å². The quantitative estimate of drug-likeness (QED) is 0.529. The maximum Gasteiger partial charge on any atom is 0.269 e. The van der Waals surface area contributed by atoms with Crippen LogP contribution in [0.2, 0.25) is 0 Å². The van der Waals surface area contributed by atoms with Gasteiger partial charge in [-0.25, -0.2) is 17.7 Å². The van der Waals surface area contributed by atoms with Gasteiger partial charge in [0.25, 0.3) is 11.8 Å². The van der Waals surface area contributed by atoms with Crippen molar-refractivity contribution >= 4 is 43.4 Å². The van der Waals surface area contributed by atoms with Crippen LogP contribution >= 0.6 is 11.3 Å². The predicted molar refractivity (Wildman–Crippen MR) is 112 cm³/mol. The Balaban J connectivity index is 1.49. The number of sulfonamides is 1. The molecule has 0 atom stereocenters. The predicted octanol–water partition coefficient (Wildman–Crippen LogP) is 1.52. The summed E-state index contributed by atoms with van der Waals surface area (Å²) in [4.78, 5) is 28.5. The highest BCUT2D eigenvalue weighted by molar-refractivity contribution is 7.89. The number of rotatable bonds is 7. The van der Waals surface area contributed by atoms with Crippen LogP contribution in [0.25, 0.3) is 10.2 Å². The summed E-state index contributed by atoms with van der Waals surface area (Å²) in [6, 6.07) is 13.2. The summed E-state index contributed by atoms with van der Waals surface area (Å²) in [5.74, 6) is -1.20. The number of nitrogens with one attached hydrogen (secondary N) is 2. The molecule has 158 valence electrons. The summed E-state index contributed by atoms with van der Waals surface area (Å²) in [6.45, 7) is -0.101. The first-order valence-corrected chi connectivity index (χ1v) is 11.1. The van der Waals surface area contributed by atoms with Crippen molar-refractivity contribution in [2.24, 2.45) is 0 Å². The molecule has 0 aliphatic heterocycles. The van der Waals surface area contributed by atoms with Crippen molar-refractivity contribution in [2.45, 2.75) is 11.5 Å². The molecule has 30 heavy (non-hydrogen) atoms. The lowest BCUT2D eigenvalue weighted by molar-refractivity contribution is -0.126. The minimum Gasteiger partial charge on any atom is -0.364 e. The first-order valence-electron chi connectivity index (χ1n) is 8.81. The van der Waals surface area contributed by atoms with Gasteiger partial charge < -0.3 is 4.74 Å². The smallest absolute Gasteiger partial charge is 0.269 e. The van der Waals surface area contributed by atoms with Crippen LogP contribution in [0.3, 0.4) is 0 Å². The molecule has 0 radical (unpaired) electrons. The molecule has 2 amide bonds. The number of hydrogen-bond donors (Lipinski definition) is 2. The maximum absolute atomic E-state index is 12.2. The molecule has 0 bridgehead atoms. The maximum atomic E-state index is 12.2. The van der Waals surface area contributed by atoms with Crippen LogP contribution in [0.4, 0.5) is 0 Å². The summed E-state index contributed by atoms with van der Waals surface area (Å²) < 4.78 is 31.8.